The van der Waals surface area contributed by atoms with Gasteiger partial charge in [0.25, 0.3) is 0 Å². The fourth-order valence-electron chi connectivity index (χ4n) is 4.18. The summed E-state index contributed by atoms with van der Waals surface area (Å²) in [6.07, 6.45) is 0. The lowest BCUT2D eigenvalue weighted by Gasteiger charge is -2.37. The third kappa shape index (κ3) is 4.19. The van der Waals surface area contributed by atoms with E-state index < -0.39 is 0 Å². The number of nitrogens with one attached hydrogen (secondary N) is 2. The molecule has 2 heterocycles. The summed E-state index contributed by atoms with van der Waals surface area (Å²) < 4.78 is 0. The summed E-state index contributed by atoms with van der Waals surface area (Å²) in [5.74, 6) is 0.945. The van der Waals surface area contributed by atoms with Crippen molar-refractivity contribution in [3.63, 3.8) is 0 Å². The van der Waals surface area contributed by atoms with E-state index in [1.165, 1.54) is 5.69 Å². The first-order valence-electron chi connectivity index (χ1n) is 10.7. The molecule has 1 saturated heterocycles. The number of aromatic amines is 1. The second kappa shape index (κ2) is 8.52. The van der Waals surface area contributed by atoms with E-state index in [4.69, 9.17) is 16.6 Å². The van der Waals surface area contributed by atoms with Gasteiger partial charge in [0.15, 0.2) is 0 Å². The predicted octanol–water partition coefficient (Wildman–Crippen LogP) is 5.72. The number of anilines is 3. The van der Waals surface area contributed by atoms with E-state index in [1.807, 2.05) is 36.4 Å². The minimum Gasteiger partial charge on any atom is -0.375 e. The molecule has 6 heteroatoms. The zero-order valence-corrected chi connectivity index (χ0v) is 18.3. The fraction of sp³-hybridized carbons (Fsp3) is 0.240. The van der Waals surface area contributed by atoms with Crippen molar-refractivity contribution in [1.82, 2.24) is 9.97 Å². The van der Waals surface area contributed by atoms with Gasteiger partial charge in [-0.05, 0) is 55.5 Å². The summed E-state index contributed by atoms with van der Waals surface area (Å²) in [7, 11) is 0. The molecule has 0 saturated carbocycles. The summed E-state index contributed by atoms with van der Waals surface area (Å²) in [5, 5.41) is 4.37. The standard InChI is InChI=1S/C25H26ClN5/c1-18(25-28-22-7-3-4-8-23(22)29-25)27-19-10-12-20(13-11-19)30-14-16-31(17-15-30)24-9-5-2-6-21(24)26/h2-13,18,27H,14-17H2,1H3,(H,28,29). The lowest BCUT2D eigenvalue weighted by Crippen LogP contribution is -2.46. The minimum absolute atomic E-state index is 0.0948. The highest BCUT2D eigenvalue weighted by Gasteiger charge is 2.19. The molecule has 0 spiro atoms. The number of fused-ring (bicyclic) bond motifs is 1. The van der Waals surface area contributed by atoms with Crippen LogP contribution in [0, 0.1) is 0 Å². The summed E-state index contributed by atoms with van der Waals surface area (Å²) in [6.45, 7) is 6.01. The number of piperazine rings is 1. The predicted molar refractivity (Wildman–Crippen MR) is 130 cm³/mol. The van der Waals surface area contributed by atoms with Crippen molar-refractivity contribution >= 4 is 39.7 Å². The van der Waals surface area contributed by atoms with Crippen molar-refractivity contribution in [1.29, 1.82) is 0 Å². The average molecular weight is 432 g/mol. The molecular weight excluding hydrogens is 406 g/mol. The third-order valence-corrected chi connectivity index (χ3v) is 6.23. The molecule has 2 N–H and O–H groups in total. The van der Waals surface area contributed by atoms with Gasteiger partial charge in [-0.2, -0.15) is 0 Å². The Bertz CT molecular complexity index is 1130. The van der Waals surface area contributed by atoms with Gasteiger partial charge in [-0.1, -0.05) is 35.9 Å². The molecule has 0 amide bonds. The Hall–Kier alpha value is -3.18. The van der Waals surface area contributed by atoms with Gasteiger partial charge in [-0.25, -0.2) is 4.98 Å². The highest BCUT2D eigenvalue weighted by Crippen LogP contribution is 2.28. The summed E-state index contributed by atoms with van der Waals surface area (Å²) in [6, 6.07) is 25.0. The van der Waals surface area contributed by atoms with Gasteiger partial charge in [-0.15, -0.1) is 0 Å². The number of hydrogen-bond acceptors (Lipinski definition) is 4. The van der Waals surface area contributed by atoms with Crippen LogP contribution in [-0.4, -0.2) is 36.1 Å². The smallest absolute Gasteiger partial charge is 0.129 e. The van der Waals surface area contributed by atoms with Crippen LogP contribution in [0.3, 0.4) is 0 Å². The van der Waals surface area contributed by atoms with Crippen molar-refractivity contribution in [3.8, 4) is 0 Å². The summed E-state index contributed by atoms with van der Waals surface area (Å²) in [5.41, 5.74) is 5.53. The van der Waals surface area contributed by atoms with E-state index in [1.54, 1.807) is 0 Å². The zero-order chi connectivity index (χ0) is 21.2. The Morgan fingerprint density at radius 3 is 2.29 bits per heavy atom. The van der Waals surface area contributed by atoms with E-state index in [2.05, 4.69) is 63.4 Å². The maximum atomic E-state index is 6.37. The molecule has 1 aliphatic heterocycles. The largest absolute Gasteiger partial charge is 0.375 e. The van der Waals surface area contributed by atoms with Crippen molar-refractivity contribution < 1.29 is 0 Å². The summed E-state index contributed by atoms with van der Waals surface area (Å²) >= 11 is 6.37. The number of para-hydroxylation sites is 3. The quantitative estimate of drug-likeness (QED) is 0.424. The normalized spacial score (nSPS) is 15.3. The molecule has 0 bridgehead atoms. The monoisotopic (exact) mass is 431 g/mol. The van der Waals surface area contributed by atoms with Crippen molar-refractivity contribution in [2.45, 2.75) is 13.0 Å². The first-order valence-corrected chi connectivity index (χ1v) is 11.1. The first kappa shape index (κ1) is 19.8. The Kier molecular flexibility index (Phi) is 5.43. The van der Waals surface area contributed by atoms with Crippen molar-refractivity contribution in [2.24, 2.45) is 0 Å². The molecule has 5 rings (SSSR count). The number of nitrogens with zero attached hydrogens (tertiary/aromatic N) is 3. The Balaban J connectivity index is 1.21. The minimum atomic E-state index is 0.0948. The van der Waals surface area contributed by atoms with Gasteiger partial charge in [0, 0.05) is 37.6 Å². The number of aromatic nitrogens is 2. The molecule has 1 aromatic heterocycles. The van der Waals surface area contributed by atoms with Gasteiger partial charge in [-0.3, -0.25) is 0 Å². The van der Waals surface area contributed by atoms with E-state index in [9.17, 15) is 0 Å². The van der Waals surface area contributed by atoms with Gasteiger partial charge in [0.1, 0.15) is 5.82 Å². The van der Waals surface area contributed by atoms with Crippen molar-refractivity contribution in [2.75, 3.05) is 41.3 Å². The van der Waals surface area contributed by atoms with Crippen LogP contribution < -0.4 is 15.1 Å². The van der Waals surface area contributed by atoms with E-state index in [0.717, 1.165) is 59.4 Å². The highest BCUT2D eigenvalue weighted by molar-refractivity contribution is 6.33. The summed E-state index contributed by atoms with van der Waals surface area (Å²) in [4.78, 5) is 12.9. The van der Waals surface area contributed by atoms with Crippen molar-refractivity contribution in [3.05, 3.63) is 83.6 Å². The van der Waals surface area contributed by atoms with Gasteiger partial charge >= 0.3 is 0 Å². The zero-order valence-electron chi connectivity index (χ0n) is 17.6. The van der Waals surface area contributed by atoms with Crippen LogP contribution in [-0.2, 0) is 0 Å². The van der Waals surface area contributed by atoms with Crippen LogP contribution >= 0.6 is 11.6 Å². The molecule has 1 fully saturated rings. The Labute approximate surface area is 187 Å². The fourth-order valence-corrected chi connectivity index (χ4v) is 4.43. The molecule has 0 radical (unpaired) electrons. The Morgan fingerprint density at radius 1 is 0.871 bits per heavy atom. The SMILES string of the molecule is CC(Nc1ccc(N2CCN(c3ccccc3Cl)CC2)cc1)c1nc2ccccc2[nH]1. The van der Waals surface area contributed by atoms with Gasteiger partial charge in [0.05, 0.1) is 27.8 Å². The molecular formula is C25H26ClN5. The topological polar surface area (TPSA) is 47.2 Å². The van der Waals surface area contributed by atoms with Crippen LogP contribution in [0.2, 0.25) is 5.02 Å². The second-order valence-electron chi connectivity index (χ2n) is 7.98. The lowest BCUT2D eigenvalue weighted by molar-refractivity contribution is 0.653. The molecule has 5 nitrogen and oxygen atoms in total. The van der Waals surface area contributed by atoms with Gasteiger partial charge in [0.2, 0.25) is 0 Å². The molecule has 1 atom stereocenters. The number of imidazole rings is 1. The number of rotatable bonds is 5. The molecule has 3 aromatic carbocycles. The van der Waals surface area contributed by atoms with E-state index in [-0.39, 0.29) is 6.04 Å². The number of halogens is 1. The number of hydrogen-bond donors (Lipinski definition) is 2. The molecule has 0 aliphatic carbocycles. The van der Waals surface area contributed by atoms with Crippen LogP contribution in [0.25, 0.3) is 11.0 Å². The molecule has 1 aliphatic rings. The molecule has 31 heavy (non-hydrogen) atoms. The molecule has 1 unspecified atom stereocenters. The van der Waals surface area contributed by atoms with Crippen LogP contribution in [0.1, 0.15) is 18.8 Å². The highest BCUT2D eigenvalue weighted by atomic mass is 35.5. The van der Waals surface area contributed by atoms with E-state index in [0.29, 0.717) is 0 Å². The van der Waals surface area contributed by atoms with Crippen LogP contribution in [0.4, 0.5) is 17.1 Å². The number of benzene rings is 3. The van der Waals surface area contributed by atoms with Crippen LogP contribution in [0.15, 0.2) is 72.8 Å². The third-order valence-electron chi connectivity index (χ3n) is 5.91. The maximum Gasteiger partial charge on any atom is 0.129 e. The molecule has 4 aromatic rings. The maximum absolute atomic E-state index is 6.37. The van der Waals surface area contributed by atoms with Gasteiger partial charge < -0.3 is 20.1 Å². The average Bonchev–Trinajstić information content (AvgIpc) is 3.25. The Morgan fingerprint density at radius 2 is 1.55 bits per heavy atom. The van der Waals surface area contributed by atoms with Crippen LogP contribution in [0.5, 0.6) is 0 Å². The lowest BCUT2D eigenvalue weighted by atomic mass is 10.2. The first-order chi connectivity index (χ1) is 15.2. The second-order valence-corrected chi connectivity index (χ2v) is 8.38. The number of H-pyrrole nitrogens is 1. The van der Waals surface area contributed by atoms with E-state index >= 15 is 0 Å². The molecule has 158 valence electrons.